The summed E-state index contributed by atoms with van der Waals surface area (Å²) in [6, 6.07) is 9.24. The van der Waals surface area contributed by atoms with E-state index in [1.165, 1.54) is 7.11 Å². The Morgan fingerprint density at radius 3 is 2.71 bits per heavy atom. The minimum absolute atomic E-state index is 0.235. The largest absolute Gasteiger partial charge is 0.479 e. The van der Waals surface area contributed by atoms with Crippen LogP contribution in [0.5, 0.6) is 5.88 Å². The number of hydrogen-bond acceptors (Lipinski definition) is 3. The van der Waals surface area contributed by atoms with Gasteiger partial charge in [0.1, 0.15) is 5.56 Å². The Hall–Kier alpha value is -2.30. The van der Waals surface area contributed by atoms with Crippen molar-refractivity contribution in [3.8, 4) is 5.88 Å². The number of ether oxygens (including phenoxy) is 1. The van der Waals surface area contributed by atoms with E-state index < -0.39 is 0 Å². The van der Waals surface area contributed by atoms with Gasteiger partial charge in [0.15, 0.2) is 0 Å². The van der Waals surface area contributed by atoms with Crippen molar-refractivity contribution in [3.05, 3.63) is 42.1 Å². The topological polar surface area (TPSA) is 56.2 Å². The van der Waals surface area contributed by atoms with E-state index in [9.17, 15) is 4.79 Å². The van der Waals surface area contributed by atoms with E-state index in [1.807, 2.05) is 30.3 Å². The first-order valence-electron chi connectivity index (χ1n) is 5.14. The van der Waals surface area contributed by atoms with E-state index in [4.69, 9.17) is 4.74 Å². The van der Waals surface area contributed by atoms with Crippen LogP contribution in [-0.2, 0) is 7.05 Å². The quantitative estimate of drug-likeness (QED) is 0.874. The van der Waals surface area contributed by atoms with Crippen molar-refractivity contribution < 1.29 is 9.53 Å². The fraction of sp³-hybridized carbons (Fsp3) is 0.167. The molecule has 0 aliphatic carbocycles. The van der Waals surface area contributed by atoms with E-state index in [2.05, 4.69) is 10.4 Å². The molecule has 0 atom stereocenters. The lowest BCUT2D eigenvalue weighted by molar-refractivity contribution is 0.102. The highest BCUT2D eigenvalue weighted by atomic mass is 16.5. The van der Waals surface area contributed by atoms with E-state index in [1.54, 1.807) is 17.9 Å². The molecule has 0 aliphatic heterocycles. The van der Waals surface area contributed by atoms with Gasteiger partial charge in [-0.25, -0.2) is 0 Å². The summed E-state index contributed by atoms with van der Waals surface area (Å²) in [4.78, 5) is 12.0. The van der Waals surface area contributed by atoms with Crippen LogP contribution in [0, 0.1) is 0 Å². The summed E-state index contributed by atoms with van der Waals surface area (Å²) >= 11 is 0. The second-order valence-corrected chi connectivity index (χ2v) is 3.55. The van der Waals surface area contributed by atoms with Gasteiger partial charge >= 0.3 is 0 Å². The number of aryl methyl sites for hydroxylation is 1. The highest BCUT2D eigenvalue weighted by Gasteiger charge is 2.16. The predicted molar refractivity (Wildman–Crippen MR) is 64.2 cm³/mol. The van der Waals surface area contributed by atoms with Gasteiger partial charge in [0.2, 0.25) is 5.88 Å². The van der Waals surface area contributed by atoms with Crippen molar-refractivity contribution in [2.75, 3.05) is 12.4 Å². The molecule has 5 heteroatoms. The molecule has 0 spiro atoms. The molecule has 1 N–H and O–H groups in total. The summed E-state index contributed by atoms with van der Waals surface area (Å²) in [7, 11) is 3.23. The van der Waals surface area contributed by atoms with Crippen LogP contribution in [0.25, 0.3) is 0 Å². The molecule has 0 fully saturated rings. The maximum absolute atomic E-state index is 12.0. The fourth-order valence-corrected chi connectivity index (χ4v) is 1.49. The molecular weight excluding hydrogens is 218 g/mol. The number of carbonyl (C=O) groups excluding carboxylic acids is 1. The number of aromatic nitrogens is 2. The number of rotatable bonds is 3. The number of carbonyl (C=O) groups is 1. The minimum Gasteiger partial charge on any atom is -0.479 e. The summed E-state index contributed by atoms with van der Waals surface area (Å²) in [5.74, 6) is 0.0853. The molecule has 2 rings (SSSR count). The van der Waals surface area contributed by atoms with E-state index in [0.717, 1.165) is 5.69 Å². The second kappa shape index (κ2) is 4.69. The number of hydrogen-bond donors (Lipinski definition) is 1. The standard InChI is InChI=1S/C12H13N3O2/c1-15-8-10(12(14-15)17-2)11(16)13-9-6-4-3-5-7-9/h3-8H,1-2H3,(H,13,16). The van der Waals surface area contributed by atoms with Crippen molar-refractivity contribution in [2.24, 2.45) is 7.05 Å². The highest BCUT2D eigenvalue weighted by Crippen LogP contribution is 2.16. The lowest BCUT2D eigenvalue weighted by Crippen LogP contribution is -2.12. The Balaban J connectivity index is 2.20. The van der Waals surface area contributed by atoms with Crippen LogP contribution < -0.4 is 10.1 Å². The summed E-state index contributed by atoms with van der Waals surface area (Å²) in [6.07, 6.45) is 1.62. The van der Waals surface area contributed by atoms with Crippen molar-refractivity contribution in [1.29, 1.82) is 0 Å². The Morgan fingerprint density at radius 2 is 2.06 bits per heavy atom. The first kappa shape index (κ1) is 11.2. The van der Waals surface area contributed by atoms with Gasteiger partial charge in [0.25, 0.3) is 5.91 Å². The number of para-hydroxylation sites is 1. The third-order valence-corrected chi connectivity index (χ3v) is 2.26. The molecule has 1 heterocycles. The van der Waals surface area contributed by atoms with Crippen LogP contribution >= 0.6 is 0 Å². The molecule has 1 amide bonds. The number of benzene rings is 1. The number of methoxy groups -OCH3 is 1. The summed E-state index contributed by atoms with van der Waals surface area (Å²) in [5.41, 5.74) is 1.15. The van der Waals surface area contributed by atoms with Crippen LogP contribution in [-0.4, -0.2) is 22.8 Å². The van der Waals surface area contributed by atoms with Gasteiger partial charge in [-0.05, 0) is 12.1 Å². The molecule has 1 aromatic carbocycles. The molecule has 0 bridgehead atoms. The van der Waals surface area contributed by atoms with Crippen molar-refractivity contribution in [1.82, 2.24) is 9.78 Å². The maximum Gasteiger partial charge on any atom is 0.262 e. The van der Waals surface area contributed by atoms with Gasteiger partial charge in [-0.3, -0.25) is 9.48 Å². The zero-order valence-corrected chi connectivity index (χ0v) is 9.68. The molecule has 17 heavy (non-hydrogen) atoms. The Morgan fingerprint density at radius 1 is 1.35 bits per heavy atom. The first-order valence-corrected chi connectivity index (χ1v) is 5.14. The molecule has 2 aromatic rings. The molecule has 0 unspecified atom stereocenters. The molecule has 1 aromatic heterocycles. The predicted octanol–water partition coefficient (Wildman–Crippen LogP) is 1.68. The van der Waals surface area contributed by atoms with Crippen molar-refractivity contribution >= 4 is 11.6 Å². The second-order valence-electron chi connectivity index (χ2n) is 3.55. The van der Waals surface area contributed by atoms with Gasteiger partial charge in [-0.1, -0.05) is 18.2 Å². The average molecular weight is 231 g/mol. The SMILES string of the molecule is COc1nn(C)cc1C(=O)Nc1ccccc1. The molecule has 0 aliphatic rings. The lowest BCUT2D eigenvalue weighted by atomic mass is 10.3. The van der Waals surface area contributed by atoms with Gasteiger partial charge in [0.05, 0.1) is 7.11 Å². The Labute approximate surface area is 99.0 Å². The van der Waals surface area contributed by atoms with E-state index in [0.29, 0.717) is 11.4 Å². The lowest BCUT2D eigenvalue weighted by Gasteiger charge is -2.03. The van der Waals surface area contributed by atoms with Crippen LogP contribution in [0.15, 0.2) is 36.5 Å². The van der Waals surface area contributed by atoms with Crippen LogP contribution in [0.3, 0.4) is 0 Å². The molecule has 5 nitrogen and oxygen atoms in total. The summed E-state index contributed by atoms with van der Waals surface area (Å²) in [6.45, 7) is 0. The van der Waals surface area contributed by atoms with Crippen molar-refractivity contribution in [2.45, 2.75) is 0 Å². The molecule has 0 saturated carbocycles. The zero-order valence-electron chi connectivity index (χ0n) is 9.68. The number of amides is 1. The highest BCUT2D eigenvalue weighted by molar-refractivity contribution is 6.05. The fourth-order valence-electron chi connectivity index (χ4n) is 1.49. The smallest absolute Gasteiger partial charge is 0.262 e. The van der Waals surface area contributed by atoms with Crippen LogP contribution in [0.1, 0.15) is 10.4 Å². The third-order valence-electron chi connectivity index (χ3n) is 2.26. The molecule has 88 valence electrons. The zero-order chi connectivity index (χ0) is 12.3. The molecule has 0 radical (unpaired) electrons. The minimum atomic E-state index is -0.235. The summed E-state index contributed by atoms with van der Waals surface area (Å²) in [5, 5.41) is 6.80. The Kier molecular flexibility index (Phi) is 3.09. The monoisotopic (exact) mass is 231 g/mol. The number of anilines is 1. The van der Waals surface area contributed by atoms with Gasteiger partial charge in [-0.15, -0.1) is 5.10 Å². The number of nitrogens with one attached hydrogen (secondary N) is 1. The number of nitrogens with zero attached hydrogens (tertiary/aromatic N) is 2. The van der Waals surface area contributed by atoms with Crippen LogP contribution in [0.4, 0.5) is 5.69 Å². The van der Waals surface area contributed by atoms with E-state index >= 15 is 0 Å². The average Bonchev–Trinajstić information content (AvgIpc) is 2.72. The van der Waals surface area contributed by atoms with Crippen molar-refractivity contribution in [3.63, 3.8) is 0 Å². The van der Waals surface area contributed by atoms with Gasteiger partial charge in [0, 0.05) is 18.9 Å². The molecule has 0 saturated heterocycles. The molecular formula is C12H13N3O2. The normalized spacial score (nSPS) is 10.0. The third kappa shape index (κ3) is 2.44. The van der Waals surface area contributed by atoms with Gasteiger partial charge < -0.3 is 10.1 Å². The van der Waals surface area contributed by atoms with E-state index in [-0.39, 0.29) is 5.91 Å². The summed E-state index contributed by atoms with van der Waals surface area (Å²) < 4.78 is 6.57. The Bertz CT molecular complexity index is 520. The maximum atomic E-state index is 12.0. The van der Waals surface area contributed by atoms with Crippen LogP contribution in [0.2, 0.25) is 0 Å². The van der Waals surface area contributed by atoms with Gasteiger partial charge in [-0.2, -0.15) is 0 Å². The first-order chi connectivity index (χ1) is 8.20.